The molecule has 1 aliphatic rings. The van der Waals surface area contributed by atoms with E-state index in [1.807, 2.05) is 25.4 Å². The first-order valence-corrected chi connectivity index (χ1v) is 9.97. The van der Waals surface area contributed by atoms with Crippen LogP contribution in [0.5, 0.6) is 0 Å². The van der Waals surface area contributed by atoms with E-state index < -0.39 is 6.04 Å². The fourth-order valence-corrected chi connectivity index (χ4v) is 3.49. The summed E-state index contributed by atoms with van der Waals surface area (Å²) in [5.74, 6) is -0.334. The predicted octanol–water partition coefficient (Wildman–Crippen LogP) is 2.54. The zero-order chi connectivity index (χ0) is 20.8. The van der Waals surface area contributed by atoms with Crippen LogP contribution in [0.1, 0.15) is 24.1 Å². The molecule has 0 radical (unpaired) electrons. The summed E-state index contributed by atoms with van der Waals surface area (Å²) >= 11 is 5.99. The van der Waals surface area contributed by atoms with Crippen molar-refractivity contribution in [2.45, 2.75) is 13.0 Å². The number of hydrogen-bond donors (Lipinski definition) is 0. The van der Waals surface area contributed by atoms with E-state index in [1.54, 1.807) is 47.0 Å². The number of halogens is 1. The molecule has 1 aliphatic heterocycles. The summed E-state index contributed by atoms with van der Waals surface area (Å²) in [5, 5.41) is 4.70. The van der Waals surface area contributed by atoms with Gasteiger partial charge in [0.15, 0.2) is 0 Å². The fourth-order valence-electron chi connectivity index (χ4n) is 3.36. The summed E-state index contributed by atoms with van der Waals surface area (Å²) in [6, 6.07) is 6.73. The van der Waals surface area contributed by atoms with E-state index in [-0.39, 0.29) is 11.9 Å². The van der Waals surface area contributed by atoms with E-state index in [4.69, 9.17) is 16.3 Å². The zero-order valence-corrected chi connectivity index (χ0v) is 17.4. The number of aryl methyl sites for hydroxylation is 1. The molecular weight excluding hydrogens is 392 g/mol. The fraction of sp³-hybridized carbons (Fsp3) is 0.381. The summed E-state index contributed by atoms with van der Waals surface area (Å²) in [5.41, 5.74) is 1.72. The van der Waals surface area contributed by atoms with Crippen LogP contribution in [-0.4, -0.2) is 64.2 Å². The SMILES string of the molecule is CCOC(=O)C(c1ccc(Cl)cc1)N1CCN(C(=O)/C=C/c2cnn(C)c2)CC1. The van der Waals surface area contributed by atoms with Gasteiger partial charge in [0, 0.05) is 56.1 Å². The number of piperazine rings is 1. The number of esters is 1. The number of carbonyl (C=O) groups is 2. The number of benzene rings is 1. The Labute approximate surface area is 175 Å². The van der Waals surface area contributed by atoms with E-state index in [0.29, 0.717) is 37.8 Å². The Hall–Kier alpha value is -2.64. The lowest BCUT2D eigenvalue weighted by Crippen LogP contribution is -2.50. The smallest absolute Gasteiger partial charge is 0.328 e. The molecule has 29 heavy (non-hydrogen) atoms. The zero-order valence-electron chi connectivity index (χ0n) is 16.6. The minimum absolute atomic E-state index is 0.0484. The third-order valence-corrected chi connectivity index (χ3v) is 5.08. The van der Waals surface area contributed by atoms with Gasteiger partial charge in [-0.25, -0.2) is 4.79 Å². The Balaban J connectivity index is 1.64. The maximum absolute atomic E-state index is 12.6. The van der Waals surface area contributed by atoms with E-state index >= 15 is 0 Å². The molecule has 154 valence electrons. The van der Waals surface area contributed by atoms with Crippen molar-refractivity contribution in [3.05, 3.63) is 58.9 Å². The molecule has 0 bridgehead atoms. The molecule has 0 spiro atoms. The number of ether oxygens (including phenoxy) is 1. The van der Waals surface area contributed by atoms with E-state index in [1.165, 1.54) is 0 Å². The molecule has 2 heterocycles. The van der Waals surface area contributed by atoms with Gasteiger partial charge in [0.25, 0.3) is 0 Å². The Bertz CT molecular complexity index is 870. The van der Waals surface area contributed by atoms with Crippen LogP contribution in [0.2, 0.25) is 5.02 Å². The molecule has 3 rings (SSSR count). The van der Waals surface area contributed by atoms with Crippen LogP contribution in [0, 0.1) is 0 Å². The van der Waals surface area contributed by atoms with Gasteiger partial charge in [0.2, 0.25) is 5.91 Å². The summed E-state index contributed by atoms with van der Waals surface area (Å²) in [7, 11) is 1.83. The normalized spacial score (nSPS) is 16.2. The van der Waals surface area contributed by atoms with Crippen molar-refractivity contribution in [1.29, 1.82) is 0 Å². The van der Waals surface area contributed by atoms with Gasteiger partial charge >= 0.3 is 5.97 Å². The lowest BCUT2D eigenvalue weighted by molar-refractivity contribution is -0.151. The molecule has 1 amide bonds. The molecule has 1 saturated heterocycles. The van der Waals surface area contributed by atoms with Gasteiger partial charge in [0.05, 0.1) is 12.8 Å². The monoisotopic (exact) mass is 416 g/mol. The number of rotatable bonds is 6. The topological polar surface area (TPSA) is 67.7 Å². The summed E-state index contributed by atoms with van der Waals surface area (Å²) in [6.07, 6.45) is 6.88. The summed E-state index contributed by atoms with van der Waals surface area (Å²) < 4.78 is 6.98. The van der Waals surface area contributed by atoms with Crippen molar-refractivity contribution >= 4 is 29.6 Å². The molecule has 1 atom stereocenters. The molecule has 2 aromatic rings. The lowest BCUT2D eigenvalue weighted by Gasteiger charge is -2.38. The maximum Gasteiger partial charge on any atom is 0.328 e. The van der Waals surface area contributed by atoms with E-state index in [0.717, 1.165) is 11.1 Å². The quantitative estimate of drug-likeness (QED) is 0.534. The average Bonchev–Trinajstić information content (AvgIpc) is 3.14. The highest BCUT2D eigenvalue weighted by molar-refractivity contribution is 6.30. The number of aromatic nitrogens is 2. The first kappa shape index (κ1) is 21.1. The number of nitrogens with zero attached hydrogens (tertiary/aromatic N) is 4. The van der Waals surface area contributed by atoms with Gasteiger partial charge in [-0.2, -0.15) is 5.10 Å². The molecule has 1 fully saturated rings. The highest BCUT2D eigenvalue weighted by Crippen LogP contribution is 2.25. The van der Waals surface area contributed by atoms with Crippen LogP contribution in [0.25, 0.3) is 6.08 Å². The molecule has 1 aromatic heterocycles. The Kier molecular flexibility index (Phi) is 7.06. The molecule has 8 heteroatoms. The molecule has 1 unspecified atom stereocenters. The van der Waals surface area contributed by atoms with Gasteiger partial charge < -0.3 is 9.64 Å². The Morgan fingerprint density at radius 2 is 1.90 bits per heavy atom. The van der Waals surface area contributed by atoms with Crippen LogP contribution in [-0.2, 0) is 21.4 Å². The van der Waals surface area contributed by atoms with Crippen LogP contribution < -0.4 is 0 Å². The van der Waals surface area contributed by atoms with Gasteiger partial charge in [-0.15, -0.1) is 0 Å². The summed E-state index contributed by atoms with van der Waals surface area (Å²) in [4.78, 5) is 28.9. The van der Waals surface area contributed by atoms with Crippen molar-refractivity contribution in [3.63, 3.8) is 0 Å². The van der Waals surface area contributed by atoms with Crippen molar-refractivity contribution in [2.24, 2.45) is 7.05 Å². The number of amides is 1. The maximum atomic E-state index is 12.6. The minimum Gasteiger partial charge on any atom is -0.465 e. The van der Waals surface area contributed by atoms with E-state index in [9.17, 15) is 9.59 Å². The molecule has 0 saturated carbocycles. The largest absolute Gasteiger partial charge is 0.465 e. The minimum atomic E-state index is -0.504. The number of carbonyl (C=O) groups excluding carboxylic acids is 2. The first-order chi connectivity index (χ1) is 14.0. The Morgan fingerprint density at radius 3 is 2.48 bits per heavy atom. The van der Waals surface area contributed by atoms with Crippen LogP contribution >= 0.6 is 11.6 Å². The molecule has 1 aromatic carbocycles. The average molecular weight is 417 g/mol. The van der Waals surface area contributed by atoms with Gasteiger partial charge in [-0.1, -0.05) is 23.7 Å². The molecule has 0 N–H and O–H groups in total. The highest BCUT2D eigenvalue weighted by Gasteiger charge is 2.32. The van der Waals surface area contributed by atoms with Crippen LogP contribution in [0.4, 0.5) is 0 Å². The second-order valence-electron chi connectivity index (χ2n) is 6.85. The second kappa shape index (κ2) is 9.71. The van der Waals surface area contributed by atoms with Gasteiger partial charge in [0.1, 0.15) is 6.04 Å². The lowest BCUT2D eigenvalue weighted by atomic mass is 10.0. The van der Waals surface area contributed by atoms with Gasteiger partial charge in [-0.3, -0.25) is 14.4 Å². The third kappa shape index (κ3) is 5.46. The predicted molar refractivity (Wildman–Crippen MR) is 111 cm³/mol. The number of hydrogen-bond acceptors (Lipinski definition) is 5. The highest BCUT2D eigenvalue weighted by atomic mass is 35.5. The third-order valence-electron chi connectivity index (χ3n) is 4.83. The standard InChI is InChI=1S/C21H25ClN4O3/c1-3-29-21(28)20(17-5-7-18(22)8-6-17)26-12-10-25(11-13-26)19(27)9-4-16-14-23-24(2)15-16/h4-9,14-15,20H,3,10-13H2,1-2H3/b9-4+. The molecule has 7 nitrogen and oxygen atoms in total. The Morgan fingerprint density at radius 1 is 1.21 bits per heavy atom. The van der Waals surface area contributed by atoms with Gasteiger partial charge in [-0.05, 0) is 30.7 Å². The van der Waals surface area contributed by atoms with Crippen molar-refractivity contribution in [2.75, 3.05) is 32.8 Å². The first-order valence-electron chi connectivity index (χ1n) is 9.59. The molecular formula is C21H25ClN4O3. The van der Waals surface area contributed by atoms with Crippen LogP contribution in [0.15, 0.2) is 42.7 Å². The van der Waals surface area contributed by atoms with Crippen molar-refractivity contribution in [1.82, 2.24) is 19.6 Å². The molecule has 0 aliphatic carbocycles. The summed E-state index contributed by atoms with van der Waals surface area (Å²) in [6.45, 7) is 4.36. The van der Waals surface area contributed by atoms with E-state index in [2.05, 4.69) is 10.00 Å². The van der Waals surface area contributed by atoms with Crippen molar-refractivity contribution in [3.8, 4) is 0 Å². The van der Waals surface area contributed by atoms with Crippen LogP contribution in [0.3, 0.4) is 0 Å². The second-order valence-corrected chi connectivity index (χ2v) is 7.28. The van der Waals surface area contributed by atoms with Crippen molar-refractivity contribution < 1.29 is 14.3 Å².